The van der Waals surface area contributed by atoms with E-state index in [9.17, 15) is 9.90 Å². The Morgan fingerprint density at radius 3 is 2.10 bits per heavy atom. The van der Waals surface area contributed by atoms with Crippen molar-refractivity contribution in [2.75, 3.05) is 12.3 Å². The van der Waals surface area contributed by atoms with E-state index in [0.717, 1.165) is 11.1 Å². The number of nitrogens with zero attached hydrogens (tertiary/aromatic N) is 1. The Kier molecular flexibility index (Phi) is 3.88. The van der Waals surface area contributed by atoms with E-state index in [4.69, 9.17) is 0 Å². The molecular formula is C17H16NO2S. The SMILES string of the molecule is O=C(O)N([CH]C1c2ccccc2-c2ccccc21)CCS. The Morgan fingerprint density at radius 2 is 1.62 bits per heavy atom. The number of thiol groups is 1. The van der Waals surface area contributed by atoms with Crippen LogP contribution in [0.15, 0.2) is 48.5 Å². The molecule has 0 aromatic heterocycles. The van der Waals surface area contributed by atoms with Gasteiger partial charge in [0.25, 0.3) is 0 Å². The topological polar surface area (TPSA) is 40.5 Å². The minimum Gasteiger partial charge on any atom is -0.465 e. The van der Waals surface area contributed by atoms with Crippen LogP contribution in [0.1, 0.15) is 17.0 Å². The fourth-order valence-electron chi connectivity index (χ4n) is 2.88. The quantitative estimate of drug-likeness (QED) is 0.841. The second-order valence-electron chi connectivity index (χ2n) is 5.00. The maximum Gasteiger partial charge on any atom is 0.407 e. The van der Waals surface area contributed by atoms with Crippen molar-refractivity contribution in [3.8, 4) is 11.1 Å². The fraction of sp³-hybridized carbons (Fsp3) is 0.176. The second kappa shape index (κ2) is 5.82. The average molecular weight is 298 g/mol. The molecule has 4 heteroatoms. The highest BCUT2D eigenvalue weighted by Gasteiger charge is 2.30. The van der Waals surface area contributed by atoms with E-state index in [2.05, 4.69) is 36.9 Å². The zero-order chi connectivity index (χ0) is 14.8. The molecular weight excluding hydrogens is 282 g/mol. The van der Waals surface area contributed by atoms with Gasteiger partial charge < -0.3 is 10.0 Å². The Bertz CT molecular complexity index is 626. The molecule has 1 N–H and O–H groups in total. The summed E-state index contributed by atoms with van der Waals surface area (Å²) in [5.74, 6) is 0.479. The first-order valence-corrected chi connectivity index (χ1v) is 7.49. The van der Waals surface area contributed by atoms with Crippen molar-refractivity contribution in [3.05, 3.63) is 66.2 Å². The van der Waals surface area contributed by atoms with Crippen LogP contribution >= 0.6 is 12.6 Å². The first-order valence-electron chi connectivity index (χ1n) is 6.86. The number of fused-ring (bicyclic) bond motifs is 3. The van der Waals surface area contributed by atoms with E-state index in [-0.39, 0.29) is 5.92 Å². The largest absolute Gasteiger partial charge is 0.465 e. The summed E-state index contributed by atoms with van der Waals surface area (Å²) in [6.07, 6.45) is -0.939. The van der Waals surface area contributed by atoms with Crippen LogP contribution in [0.4, 0.5) is 4.79 Å². The minimum atomic E-state index is -0.939. The Morgan fingerprint density at radius 1 is 1.10 bits per heavy atom. The third kappa shape index (κ3) is 2.51. The number of carboxylic acid groups (broad SMARTS) is 1. The molecule has 2 aromatic carbocycles. The molecule has 0 spiro atoms. The Balaban J connectivity index is 2.00. The van der Waals surface area contributed by atoms with Crippen molar-refractivity contribution < 1.29 is 9.90 Å². The van der Waals surface area contributed by atoms with E-state index >= 15 is 0 Å². The molecule has 21 heavy (non-hydrogen) atoms. The van der Waals surface area contributed by atoms with Gasteiger partial charge in [-0.2, -0.15) is 12.6 Å². The van der Waals surface area contributed by atoms with Crippen LogP contribution in [0.2, 0.25) is 0 Å². The summed E-state index contributed by atoms with van der Waals surface area (Å²) >= 11 is 4.14. The minimum absolute atomic E-state index is 0.0200. The van der Waals surface area contributed by atoms with Gasteiger partial charge in [0, 0.05) is 18.2 Å². The number of benzene rings is 2. The van der Waals surface area contributed by atoms with Gasteiger partial charge in [-0.3, -0.25) is 0 Å². The number of hydrogen-bond acceptors (Lipinski definition) is 2. The van der Waals surface area contributed by atoms with Gasteiger partial charge in [-0.15, -0.1) is 0 Å². The lowest BCUT2D eigenvalue weighted by atomic mass is 9.96. The smallest absolute Gasteiger partial charge is 0.407 e. The molecule has 0 bridgehead atoms. The van der Waals surface area contributed by atoms with Gasteiger partial charge in [-0.1, -0.05) is 48.5 Å². The predicted octanol–water partition coefficient (Wildman–Crippen LogP) is 3.87. The molecule has 0 atom stereocenters. The molecule has 3 nitrogen and oxygen atoms in total. The standard InChI is InChI=1S/C17H16NO2S/c19-17(20)18(9-10-21)11-16-14-7-3-1-5-12(14)13-6-2-4-8-15(13)16/h1-8,11,16,21H,9-10H2,(H,19,20). The molecule has 0 heterocycles. The third-order valence-corrected chi connectivity index (χ3v) is 4.00. The van der Waals surface area contributed by atoms with E-state index in [1.807, 2.05) is 24.3 Å². The molecule has 1 aliphatic carbocycles. The lowest BCUT2D eigenvalue weighted by Crippen LogP contribution is -2.31. The molecule has 1 radical (unpaired) electrons. The summed E-state index contributed by atoms with van der Waals surface area (Å²) in [4.78, 5) is 12.7. The molecule has 107 valence electrons. The monoisotopic (exact) mass is 298 g/mol. The van der Waals surface area contributed by atoms with Crippen LogP contribution in [0.5, 0.6) is 0 Å². The van der Waals surface area contributed by atoms with E-state index in [0.29, 0.717) is 12.3 Å². The number of amides is 1. The van der Waals surface area contributed by atoms with Crippen LogP contribution in [-0.4, -0.2) is 28.4 Å². The Hall–Kier alpha value is -1.94. The highest BCUT2D eigenvalue weighted by molar-refractivity contribution is 7.80. The van der Waals surface area contributed by atoms with Crippen molar-refractivity contribution in [2.24, 2.45) is 0 Å². The van der Waals surface area contributed by atoms with Gasteiger partial charge in [0.2, 0.25) is 0 Å². The number of carbonyl (C=O) groups is 1. The average Bonchev–Trinajstić information content (AvgIpc) is 2.81. The highest BCUT2D eigenvalue weighted by Crippen LogP contribution is 2.46. The maximum absolute atomic E-state index is 11.4. The molecule has 2 aromatic rings. The van der Waals surface area contributed by atoms with Gasteiger partial charge >= 0.3 is 6.09 Å². The molecule has 0 saturated heterocycles. The molecule has 1 aliphatic rings. The van der Waals surface area contributed by atoms with Gasteiger partial charge in [0.15, 0.2) is 0 Å². The molecule has 3 rings (SSSR count). The van der Waals surface area contributed by atoms with Crippen LogP contribution in [0, 0.1) is 6.54 Å². The van der Waals surface area contributed by atoms with Gasteiger partial charge in [-0.25, -0.2) is 4.79 Å². The normalized spacial score (nSPS) is 12.8. The maximum atomic E-state index is 11.4. The van der Waals surface area contributed by atoms with Crippen LogP contribution in [-0.2, 0) is 0 Å². The highest BCUT2D eigenvalue weighted by atomic mass is 32.1. The van der Waals surface area contributed by atoms with Crippen molar-refractivity contribution >= 4 is 18.7 Å². The van der Waals surface area contributed by atoms with Gasteiger partial charge in [0.05, 0.1) is 6.54 Å². The zero-order valence-corrected chi connectivity index (χ0v) is 12.3. The second-order valence-corrected chi connectivity index (χ2v) is 5.45. The molecule has 0 fully saturated rings. The third-order valence-electron chi connectivity index (χ3n) is 3.80. The van der Waals surface area contributed by atoms with Gasteiger partial charge in [0.1, 0.15) is 0 Å². The summed E-state index contributed by atoms with van der Waals surface area (Å²) < 4.78 is 0. The molecule has 0 unspecified atom stereocenters. The molecule has 1 amide bonds. The fourth-order valence-corrected chi connectivity index (χ4v) is 3.09. The van der Waals surface area contributed by atoms with E-state index < -0.39 is 6.09 Å². The van der Waals surface area contributed by atoms with Crippen molar-refractivity contribution in [3.63, 3.8) is 0 Å². The Labute approximate surface area is 129 Å². The van der Waals surface area contributed by atoms with Crippen molar-refractivity contribution in [1.82, 2.24) is 4.90 Å². The summed E-state index contributed by atoms with van der Waals surface area (Å²) in [5, 5.41) is 9.32. The summed E-state index contributed by atoms with van der Waals surface area (Å²) in [5.41, 5.74) is 4.68. The lowest BCUT2D eigenvalue weighted by molar-refractivity contribution is 0.157. The predicted molar refractivity (Wildman–Crippen MR) is 86.6 cm³/mol. The summed E-state index contributed by atoms with van der Waals surface area (Å²) in [7, 11) is 0. The van der Waals surface area contributed by atoms with Crippen LogP contribution < -0.4 is 0 Å². The number of hydrogen-bond donors (Lipinski definition) is 2. The van der Waals surface area contributed by atoms with Crippen LogP contribution in [0.3, 0.4) is 0 Å². The number of rotatable bonds is 4. The summed E-state index contributed by atoms with van der Waals surface area (Å²) in [6.45, 7) is 2.18. The molecule has 0 aliphatic heterocycles. The zero-order valence-electron chi connectivity index (χ0n) is 11.4. The summed E-state index contributed by atoms with van der Waals surface area (Å²) in [6, 6.07) is 16.3. The lowest BCUT2D eigenvalue weighted by Gasteiger charge is -2.22. The van der Waals surface area contributed by atoms with E-state index in [1.165, 1.54) is 16.0 Å². The van der Waals surface area contributed by atoms with Gasteiger partial charge in [-0.05, 0) is 22.3 Å². The first kappa shape index (κ1) is 14.0. The van der Waals surface area contributed by atoms with Crippen molar-refractivity contribution in [2.45, 2.75) is 5.92 Å². The molecule has 0 saturated carbocycles. The van der Waals surface area contributed by atoms with E-state index in [1.54, 1.807) is 6.54 Å². The van der Waals surface area contributed by atoms with Crippen LogP contribution in [0.25, 0.3) is 11.1 Å². The van der Waals surface area contributed by atoms with Crippen molar-refractivity contribution in [1.29, 1.82) is 0 Å². The first-order chi connectivity index (χ1) is 10.2.